The summed E-state index contributed by atoms with van der Waals surface area (Å²) in [6.07, 6.45) is 0.654. The molecule has 0 aliphatic carbocycles. The molecular weight excluding hydrogens is 600 g/mol. The van der Waals surface area contributed by atoms with Crippen molar-refractivity contribution in [1.29, 1.82) is 16.2 Å². The van der Waals surface area contributed by atoms with Crippen molar-refractivity contribution < 1.29 is 9.59 Å². The van der Waals surface area contributed by atoms with Gasteiger partial charge in [-0.05, 0) is 74.2 Å². The number of hydrogen-bond acceptors (Lipinski definition) is 8. The molecule has 0 aliphatic heterocycles. The van der Waals surface area contributed by atoms with Gasteiger partial charge in [0.05, 0.1) is 22.8 Å². The highest BCUT2D eigenvalue weighted by atomic mass is 16.2. The van der Waals surface area contributed by atoms with Gasteiger partial charge in [0.25, 0.3) is 11.8 Å². The summed E-state index contributed by atoms with van der Waals surface area (Å²) in [6.45, 7) is 7.09. The van der Waals surface area contributed by atoms with Crippen LogP contribution in [0.25, 0.3) is 0 Å². The van der Waals surface area contributed by atoms with Gasteiger partial charge in [0, 0.05) is 22.4 Å². The number of nitrogens with two attached hydrogens (primary N) is 3. The average molecular weight is 639 g/mol. The number of guanidine groups is 3. The van der Waals surface area contributed by atoms with Gasteiger partial charge in [-0.2, -0.15) is 15.3 Å². The molecule has 0 aromatic heterocycles. The van der Waals surface area contributed by atoms with E-state index in [1.165, 1.54) is 6.07 Å². The molecule has 47 heavy (non-hydrogen) atoms. The molecule has 16 heteroatoms. The van der Waals surface area contributed by atoms with Crippen molar-refractivity contribution >= 4 is 58.2 Å². The summed E-state index contributed by atoms with van der Waals surface area (Å²) in [7, 11) is 0. The number of rotatable bonds is 11. The van der Waals surface area contributed by atoms with Crippen molar-refractivity contribution in [2.45, 2.75) is 34.1 Å². The standard InChI is InChI=1S/C31H38N14O2/c1-5-19-9-10-20(16(2)40-43-29(32)33)14-25(19)38-27(46)22-7-6-8-23(13-22)28(47)39-26-15-21(17(3)41-44-30(34)35)11-12-24(26)18(4)42-45-31(36)37/h6-15H,5H2,1-4H3,(H,38,46)(H,39,47)(H4,32,33,43)(H4,34,35,44)(H4,36,37,45)/b40-16+,41-17+,42-18+. The second-order valence-corrected chi connectivity index (χ2v) is 10.1. The fourth-order valence-corrected chi connectivity index (χ4v) is 4.23. The lowest BCUT2D eigenvalue weighted by atomic mass is 10.0. The predicted molar refractivity (Wildman–Crippen MR) is 186 cm³/mol. The molecule has 0 radical (unpaired) electrons. The Morgan fingerprint density at radius 2 is 1.06 bits per heavy atom. The largest absolute Gasteiger partial charge is 0.369 e. The quantitative estimate of drug-likeness (QED) is 0.0840. The summed E-state index contributed by atoms with van der Waals surface area (Å²) in [5.41, 5.74) is 28.9. The molecule has 0 saturated heterocycles. The number of aryl methyl sites for hydroxylation is 1. The smallest absolute Gasteiger partial charge is 0.255 e. The second kappa shape index (κ2) is 15.9. The molecule has 0 heterocycles. The van der Waals surface area contributed by atoms with E-state index < -0.39 is 11.8 Å². The van der Waals surface area contributed by atoms with Gasteiger partial charge in [-0.15, -0.1) is 0 Å². The summed E-state index contributed by atoms with van der Waals surface area (Å²) in [4.78, 5) is 26.9. The fourth-order valence-electron chi connectivity index (χ4n) is 4.23. The maximum absolute atomic E-state index is 13.5. The third-order valence-electron chi connectivity index (χ3n) is 6.65. The molecule has 16 nitrogen and oxygen atoms in total. The third kappa shape index (κ3) is 9.97. The van der Waals surface area contributed by atoms with Gasteiger partial charge in [-0.25, -0.2) is 16.3 Å². The Bertz CT molecular complexity index is 1810. The van der Waals surface area contributed by atoms with Crippen LogP contribution in [0.5, 0.6) is 0 Å². The number of amides is 2. The summed E-state index contributed by atoms with van der Waals surface area (Å²) in [5.74, 6) is -1.90. The molecule has 2 amide bonds. The minimum absolute atomic E-state index is 0.219. The molecular formula is C31H38N14O2. The van der Waals surface area contributed by atoms with Crippen LogP contribution in [-0.4, -0.2) is 46.8 Å². The van der Waals surface area contributed by atoms with Crippen LogP contribution in [0.15, 0.2) is 76.0 Å². The molecule has 244 valence electrons. The number of hydrogen-bond donors (Lipinski definition) is 11. The lowest BCUT2D eigenvalue weighted by molar-refractivity contribution is 0.102. The minimum atomic E-state index is -0.497. The zero-order chi connectivity index (χ0) is 34.7. The summed E-state index contributed by atoms with van der Waals surface area (Å²) in [6, 6.07) is 16.9. The molecule has 0 fully saturated rings. The van der Waals surface area contributed by atoms with Crippen molar-refractivity contribution in [2.24, 2.45) is 32.5 Å². The topological polar surface area (TPSA) is 281 Å². The van der Waals surface area contributed by atoms with Crippen LogP contribution in [0.3, 0.4) is 0 Å². The van der Waals surface area contributed by atoms with Crippen molar-refractivity contribution in [2.75, 3.05) is 10.6 Å². The van der Waals surface area contributed by atoms with Gasteiger partial charge in [-0.1, -0.05) is 37.3 Å². The minimum Gasteiger partial charge on any atom is -0.369 e. The Labute approximate surface area is 271 Å². The summed E-state index contributed by atoms with van der Waals surface area (Å²) < 4.78 is 0. The summed E-state index contributed by atoms with van der Waals surface area (Å²) in [5, 5.41) is 40.1. The number of hydrazone groups is 3. The van der Waals surface area contributed by atoms with Gasteiger partial charge >= 0.3 is 0 Å². The average Bonchev–Trinajstić information content (AvgIpc) is 3.04. The van der Waals surface area contributed by atoms with Crippen LogP contribution in [-0.2, 0) is 6.42 Å². The molecule has 3 rings (SSSR count). The lowest BCUT2D eigenvalue weighted by Crippen LogP contribution is -2.27. The van der Waals surface area contributed by atoms with E-state index in [-0.39, 0.29) is 29.0 Å². The van der Waals surface area contributed by atoms with Gasteiger partial charge in [0.15, 0.2) is 0 Å². The first-order valence-electron chi connectivity index (χ1n) is 14.2. The Kier molecular flexibility index (Phi) is 11.8. The fraction of sp³-hybridized carbons (Fsp3) is 0.161. The molecule has 3 aromatic rings. The van der Waals surface area contributed by atoms with Crippen LogP contribution in [0, 0.1) is 16.2 Å². The number of carbonyl (C=O) groups excluding carboxylic acids is 2. The molecule has 0 bridgehead atoms. The molecule has 0 atom stereocenters. The van der Waals surface area contributed by atoms with E-state index in [0.717, 1.165) is 5.56 Å². The van der Waals surface area contributed by atoms with Gasteiger partial charge in [0.1, 0.15) is 0 Å². The molecule has 0 saturated carbocycles. The maximum atomic E-state index is 13.5. The predicted octanol–water partition coefficient (Wildman–Crippen LogP) is 2.37. The highest BCUT2D eigenvalue weighted by molar-refractivity contribution is 6.13. The SMILES string of the molecule is CCc1ccc(/C(C)=N/NC(=N)N)cc1NC(=O)c1cccc(C(=O)Nc2cc(/C(C)=N/NC(=N)N)ccc2/C(C)=N/NC(=N)N)c1. The van der Waals surface area contributed by atoms with Crippen LogP contribution < -0.4 is 44.1 Å². The Morgan fingerprint density at radius 3 is 1.55 bits per heavy atom. The van der Waals surface area contributed by atoms with Crippen molar-refractivity contribution in [1.82, 2.24) is 16.3 Å². The zero-order valence-corrected chi connectivity index (χ0v) is 26.4. The van der Waals surface area contributed by atoms with Crippen molar-refractivity contribution in [3.8, 4) is 0 Å². The number of nitrogens with zero attached hydrogens (tertiary/aromatic N) is 3. The summed E-state index contributed by atoms with van der Waals surface area (Å²) >= 11 is 0. The zero-order valence-electron chi connectivity index (χ0n) is 26.4. The maximum Gasteiger partial charge on any atom is 0.255 e. The van der Waals surface area contributed by atoms with Crippen LogP contribution >= 0.6 is 0 Å². The highest BCUT2D eigenvalue weighted by Gasteiger charge is 2.16. The van der Waals surface area contributed by atoms with Crippen LogP contribution in [0.1, 0.15) is 70.7 Å². The van der Waals surface area contributed by atoms with Gasteiger partial charge in [-0.3, -0.25) is 25.8 Å². The van der Waals surface area contributed by atoms with Crippen molar-refractivity contribution in [3.63, 3.8) is 0 Å². The van der Waals surface area contributed by atoms with E-state index in [1.807, 2.05) is 19.1 Å². The normalized spacial score (nSPS) is 11.7. The Balaban J connectivity index is 1.92. The Morgan fingerprint density at radius 1 is 0.617 bits per heavy atom. The third-order valence-corrected chi connectivity index (χ3v) is 6.65. The molecule has 0 spiro atoms. The van der Waals surface area contributed by atoms with E-state index >= 15 is 0 Å². The lowest BCUT2D eigenvalue weighted by Gasteiger charge is -2.15. The molecule has 14 N–H and O–H groups in total. The van der Waals surface area contributed by atoms with Crippen LogP contribution in [0.4, 0.5) is 11.4 Å². The van der Waals surface area contributed by atoms with Crippen molar-refractivity contribution in [3.05, 3.63) is 94.0 Å². The first-order valence-corrected chi connectivity index (χ1v) is 14.2. The van der Waals surface area contributed by atoms with Crippen LogP contribution in [0.2, 0.25) is 0 Å². The van der Waals surface area contributed by atoms with Gasteiger partial charge in [0.2, 0.25) is 17.9 Å². The number of anilines is 2. The van der Waals surface area contributed by atoms with E-state index in [2.05, 4.69) is 42.2 Å². The first kappa shape index (κ1) is 34.9. The Hall–Kier alpha value is -6.58. The number of nitrogens with one attached hydrogen (secondary N) is 8. The number of benzene rings is 3. The van der Waals surface area contributed by atoms with E-state index in [4.69, 9.17) is 33.4 Å². The highest BCUT2D eigenvalue weighted by Crippen LogP contribution is 2.23. The molecule has 3 aromatic carbocycles. The van der Waals surface area contributed by atoms with E-state index in [9.17, 15) is 9.59 Å². The first-order chi connectivity index (χ1) is 22.3. The second-order valence-electron chi connectivity index (χ2n) is 10.1. The van der Waals surface area contributed by atoms with E-state index in [1.54, 1.807) is 63.2 Å². The van der Waals surface area contributed by atoms with E-state index in [0.29, 0.717) is 51.6 Å². The number of carbonyl (C=O) groups is 2. The molecule has 0 aliphatic rings. The molecule has 0 unspecified atom stereocenters. The van der Waals surface area contributed by atoms with Gasteiger partial charge < -0.3 is 27.8 Å². The monoisotopic (exact) mass is 638 g/mol.